The van der Waals surface area contributed by atoms with Crippen LogP contribution in [0.3, 0.4) is 0 Å². The first kappa shape index (κ1) is 15.1. The molecule has 0 heterocycles. The van der Waals surface area contributed by atoms with E-state index in [0.717, 1.165) is 12.8 Å². The molecule has 3 rings (SSSR count). The van der Waals surface area contributed by atoms with Crippen molar-refractivity contribution in [2.45, 2.75) is 12.8 Å². The van der Waals surface area contributed by atoms with Gasteiger partial charge in [0.2, 0.25) is 0 Å². The zero-order valence-corrected chi connectivity index (χ0v) is 14.8. The van der Waals surface area contributed by atoms with E-state index in [-0.39, 0.29) is 12.4 Å². The summed E-state index contributed by atoms with van der Waals surface area (Å²) < 4.78 is 4.63. The summed E-state index contributed by atoms with van der Waals surface area (Å²) >= 11 is -2.84. The van der Waals surface area contributed by atoms with Crippen molar-refractivity contribution in [1.29, 1.82) is 0 Å². The fraction of sp³-hybridized carbons (Fsp3) is 0.125. The van der Waals surface area contributed by atoms with E-state index in [1.54, 1.807) is 6.56 Å². The van der Waals surface area contributed by atoms with Crippen molar-refractivity contribution in [3.8, 4) is 0 Å². The van der Waals surface area contributed by atoms with Crippen LogP contribution in [0.2, 0.25) is 0 Å². The first-order valence-corrected chi connectivity index (χ1v) is 13.8. The van der Waals surface area contributed by atoms with Crippen LogP contribution in [0.1, 0.15) is 12.8 Å². The van der Waals surface area contributed by atoms with Crippen LogP contribution in [0.4, 0.5) is 0 Å². The zero-order chi connectivity index (χ0) is 12.4. The summed E-state index contributed by atoms with van der Waals surface area (Å²) in [5.41, 5.74) is 0. The van der Waals surface area contributed by atoms with Crippen LogP contribution >= 0.6 is 21.8 Å². The Morgan fingerprint density at radius 2 is 1.37 bits per heavy atom. The van der Waals surface area contributed by atoms with Gasteiger partial charge >= 0.3 is 118 Å². The Balaban J connectivity index is 0.00000133. The summed E-state index contributed by atoms with van der Waals surface area (Å²) in [7, 11) is 5.29. The summed E-state index contributed by atoms with van der Waals surface area (Å²) in [5, 5.41) is 0. The van der Waals surface area contributed by atoms with Crippen LogP contribution < -0.4 is 3.27 Å². The van der Waals surface area contributed by atoms with Gasteiger partial charge in [0.25, 0.3) is 0 Å². The Labute approximate surface area is 129 Å². The maximum atomic E-state index is 5.29. The molecule has 0 spiro atoms. The Morgan fingerprint density at radius 3 is 1.79 bits per heavy atom. The second kappa shape index (κ2) is 6.44. The van der Waals surface area contributed by atoms with E-state index in [1.807, 2.05) is 0 Å². The fourth-order valence-corrected chi connectivity index (χ4v) is 13.7. The number of thiol groups is 1. The molecule has 0 amide bonds. The summed E-state index contributed by atoms with van der Waals surface area (Å²) in [6.45, 7) is 0. The van der Waals surface area contributed by atoms with Crippen molar-refractivity contribution in [2.24, 2.45) is 0 Å². The first-order valence-electron chi connectivity index (χ1n) is 6.32. The molecule has 1 aromatic rings. The molecule has 1 aromatic carbocycles. The molecule has 0 unspecified atom stereocenters. The molecular weight excluding hydrogens is 351 g/mol. The van der Waals surface area contributed by atoms with Gasteiger partial charge in [0, 0.05) is 0 Å². The summed E-state index contributed by atoms with van der Waals surface area (Å²) in [6.07, 6.45) is 15.7. The van der Waals surface area contributed by atoms with Gasteiger partial charge in [-0.15, -0.1) is 12.4 Å². The summed E-state index contributed by atoms with van der Waals surface area (Å²) in [6, 6.07) is 10.9. The number of hydrogen-bond acceptors (Lipinski definition) is 1. The maximum absolute atomic E-state index is 5.29. The Morgan fingerprint density at radius 1 is 0.842 bits per heavy atom. The summed E-state index contributed by atoms with van der Waals surface area (Å²) in [5.74, 6) is 0. The predicted molar refractivity (Wildman–Crippen MR) is 86.0 cm³/mol. The third kappa shape index (κ3) is 2.77. The molecule has 19 heavy (non-hydrogen) atoms. The minimum atomic E-state index is -2.84. The van der Waals surface area contributed by atoms with Crippen LogP contribution in [0.25, 0.3) is 0 Å². The second-order valence-corrected chi connectivity index (χ2v) is 16.8. The zero-order valence-electron chi connectivity index (χ0n) is 10.6. The van der Waals surface area contributed by atoms with Crippen LogP contribution in [-0.2, 0) is 18.8 Å². The molecule has 0 aromatic heterocycles. The Kier molecular flexibility index (Phi) is 5.11. The molecule has 0 bridgehead atoms. The van der Waals surface area contributed by atoms with Gasteiger partial charge in [-0.3, -0.25) is 0 Å². The van der Waals surface area contributed by atoms with Gasteiger partial charge < -0.3 is 0 Å². The topological polar surface area (TPSA) is 0 Å². The summed E-state index contributed by atoms with van der Waals surface area (Å²) in [4.78, 5) is 0. The van der Waals surface area contributed by atoms with Crippen LogP contribution in [0, 0.1) is 0 Å². The average molecular weight is 368 g/mol. The molecule has 0 nitrogen and oxygen atoms in total. The average Bonchev–Trinajstić information content (AvgIpc) is 3.12. The van der Waals surface area contributed by atoms with Gasteiger partial charge in [0.1, 0.15) is 0 Å². The quantitative estimate of drug-likeness (QED) is 0.751. The van der Waals surface area contributed by atoms with E-state index in [0.29, 0.717) is 0 Å². The molecule has 0 atom stereocenters. The van der Waals surface area contributed by atoms with E-state index in [1.165, 1.54) is 3.27 Å². The third-order valence-electron chi connectivity index (χ3n) is 3.66. The van der Waals surface area contributed by atoms with E-state index < -0.39 is 18.8 Å². The molecule has 0 N–H and O–H groups in total. The number of rotatable bonds is 3. The van der Waals surface area contributed by atoms with Crippen LogP contribution in [0.5, 0.6) is 0 Å². The normalized spacial score (nSPS) is 17.1. The van der Waals surface area contributed by atoms with Crippen LogP contribution in [-0.4, -0.2) is 0 Å². The molecule has 98 valence electrons. The van der Waals surface area contributed by atoms with Gasteiger partial charge in [0.15, 0.2) is 0 Å². The molecule has 0 radical (unpaired) electrons. The minimum absolute atomic E-state index is 0. The Hall–Kier alpha value is -0.297. The molecule has 3 heteroatoms. The van der Waals surface area contributed by atoms with Gasteiger partial charge in [0.05, 0.1) is 0 Å². The van der Waals surface area contributed by atoms with Crippen molar-refractivity contribution in [2.75, 3.05) is 0 Å². The van der Waals surface area contributed by atoms with Crippen molar-refractivity contribution in [3.63, 3.8) is 0 Å². The van der Waals surface area contributed by atoms with E-state index in [4.69, 9.17) is 9.39 Å². The van der Waals surface area contributed by atoms with Crippen molar-refractivity contribution in [3.05, 3.63) is 73.3 Å². The van der Waals surface area contributed by atoms with Gasteiger partial charge in [-0.1, -0.05) is 0 Å². The monoisotopic (exact) mass is 366 g/mol. The molecule has 0 aliphatic heterocycles. The molecule has 0 fully saturated rings. The van der Waals surface area contributed by atoms with E-state index >= 15 is 0 Å². The standard InChI is InChI=1S/C6H5.2C5H5.ClH.H2S.Zr/c1-2-4-6-5-3-1;2*1-2-4-5-3-1;;;/h1-5H;2*1-3H,4H2;1H;1H2;/q;;;;;+1/p-1. The third-order valence-corrected chi connectivity index (χ3v) is 17.9. The fourth-order valence-electron chi connectivity index (χ4n) is 2.69. The van der Waals surface area contributed by atoms with E-state index in [2.05, 4.69) is 66.8 Å². The molecule has 0 saturated heterocycles. The second-order valence-electron chi connectivity index (χ2n) is 4.72. The number of benzene rings is 1. The van der Waals surface area contributed by atoms with Crippen molar-refractivity contribution < 1.29 is 18.8 Å². The van der Waals surface area contributed by atoms with E-state index in [9.17, 15) is 0 Å². The van der Waals surface area contributed by atoms with Gasteiger partial charge in [-0.2, -0.15) is 0 Å². The first-order chi connectivity index (χ1) is 8.82. The number of halogens is 1. The van der Waals surface area contributed by atoms with Crippen molar-refractivity contribution >= 4 is 25.1 Å². The predicted octanol–water partition coefficient (Wildman–Crippen LogP) is 4.42. The van der Waals surface area contributed by atoms with Crippen molar-refractivity contribution in [1.82, 2.24) is 0 Å². The molecular formula is C16H17ClSZr. The number of allylic oxidation sites excluding steroid dienone is 8. The molecule has 2 aliphatic rings. The van der Waals surface area contributed by atoms with Crippen LogP contribution in [0.15, 0.2) is 73.3 Å². The van der Waals surface area contributed by atoms with Gasteiger partial charge in [-0.25, -0.2) is 0 Å². The van der Waals surface area contributed by atoms with Gasteiger partial charge in [-0.05, 0) is 0 Å². The SMILES string of the molecule is Cl.[SH][Zr]([C]1=CC=CC1)([C]1=CC=CC1)[c]1ccccc1. The Bertz CT molecular complexity index is 540. The molecule has 0 saturated carbocycles. The number of hydrogen-bond donors (Lipinski definition) is 1. The molecule has 2 aliphatic carbocycles.